The van der Waals surface area contributed by atoms with E-state index in [0.29, 0.717) is 5.56 Å². The third kappa shape index (κ3) is 2.19. The summed E-state index contributed by atoms with van der Waals surface area (Å²) in [6.45, 7) is 0. The lowest BCUT2D eigenvalue weighted by molar-refractivity contribution is -0.834. The highest BCUT2D eigenvalue weighted by atomic mass is 16.5. The zero-order valence-electron chi connectivity index (χ0n) is 11.1. The highest BCUT2D eigenvalue weighted by Gasteiger charge is 2.18. The molecule has 3 heteroatoms. The first kappa shape index (κ1) is 12.2. The minimum absolute atomic E-state index is 0.646. The van der Waals surface area contributed by atoms with Gasteiger partial charge in [0, 0.05) is 5.56 Å². The monoisotopic (exact) mass is 261 g/mol. The van der Waals surface area contributed by atoms with Gasteiger partial charge < -0.3 is 0 Å². The van der Waals surface area contributed by atoms with Gasteiger partial charge in [-0.15, -0.1) is 0 Å². The summed E-state index contributed by atoms with van der Waals surface area (Å²) in [5, 5.41) is 8.82. The fourth-order valence-electron chi connectivity index (χ4n) is 2.16. The fourth-order valence-corrected chi connectivity index (χ4v) is 2.16. The Morgan fingerprint density at radius 2 is 1.65 bits per heavy atom. The fraction of sp³-hybridized carbons (Fsp3) is 0.0588. The number of hydrogen-bond donors (Lipinski definition) is 0. The van der Waals surface area contributed by atoms with Crippen molar-refractivity contribution in [1.82, 2.24) is 0 Å². The Balaban J connectivity index is 2.02. The zero-order chi connectivity index (χ0) is 13.9. The van der Waals surface area contributed by atoms with Gasteiger partial charge in [0.25, 0.3) is 5.69 Å². The van der Waals surface area contributed by atoms with Crippen molar-refractivity contribution in [2.75, 3.05) is 0 Å². The summed E-state index contributed by atoms with van der Waals surface area (Å²) in [6, 6.07) is 21.6. The van der Waals surface area contributed by atoms with Gasteiger partial charge in [-0.05, 0) is 41.1 Å². The first-order valence-corrected chi connectivity index (χ1v) is 6.34. The molecule has 1 aromatic heterocycles. The molecular weight excluding hydrogens is 248 g/mol. The summed E-state index contributed by atoms with van der Waals surface area (Å²) >= 11 is 0. The van der Waals surface area contributed by atoms with E-state index in [0.717, 1.165) is 22.6 Å². The van der Waals surface area contributed by atoms with Crippen LogP contribution in [0.1, 0.15) is 5.56 Å². The van der Waals surface area contributed by atoms with Crippen molar-refractivity contribution in [2.24, 2.45) is 7.05 Å². The van der Waals surface area contributed by atoms with Crippen molar-refractivity contribution in [3.8, 4) is 28.7 Å². The van der Waals surface area contributed by atoms with E-state index in [9.17, 15) is 0 Å². The van der Waals surface area contributed by atoms with Crippen molar-refractivity contribution < 1.29 is 9.26 Å². The minimum Gasteiger partial charge on any atom is -0.236 e. The molecule has 1 heterocycles. The molecule has 0 saturated carbocycles. The molecule has 0 radical (unpaired) electrons. The molecule has 0 fully saturated rings. The highest BCUT2D eigenvalue weighted by Crippen LogP contribution is 2.24. The van der Waals surface area contributed by atoms with E-state index in [-0.39, 0.29) is 0 Å². The van der Waals surface area contributed by atoms with Crippen molar-refractivity contribution >= 4 is 0 Å². The quantitative estimate of drug-likeness (QED) is 0.664. The van der Waals surface area contributed by atoms with Crippen LogP contribution in [0, 0.1) is 11.3 Å². The minimum atomic E-state index is 0.646. The summed E-state index contributed by atoms with van der Waals surface area (Å²) in [6.07, 6.45) is 0. The Bertz CT molecular complexity index is 765. The van der Waals surface area contributed by atoms with E-state index in [2.05, 4.69) is 6.07 Å². The Kier molecular flexibility index (Phi) is 3.06. The molecule has 0 N–H and O–H groups in total. The molecule has 0 atom stereocenters. The number of nitrogens with zero attached hydrogens (tertiary/aromatic N) is 2. The van der Waals surface area contributed by atoms with Gasteiger partial charge in [0.1, 0.15) is 0 Å². The van der Waals surface area contributed by atoms with Gasteiger partial charge in [0.05, 0.1) is 23.3 Å². The zero-order valence-corrected chi connectivity index (χ0v) is 11.1. The van der Waals surface area contributed by atoms with E-state index >= 15 is 0 Å². The number of aryl methyl sites for hydroxylation is 1. The summed E-state index contributed by atoms with van der Waals surface area (Å²) in [5.74, 6) is 0.788. The maximum atomic E-state index is 8.82. The lowest BCUT2D eigenvalue weighted by atomic mass is 10.1. The molecule has 0 aliphatic carbocycles. The molecule has 0 bridgehead atoms. The van der Waals surface area contributed by atoms with Crippen LogP contribution in [-0.2, 0) is 7.05 Å². The van der Waals surface area contributed by atoms with Crippen molar-refractivity contribution in [3.63, 3.8) is 0 Å². The average molecular weight is 261 g/mol. The highest BCUT2D eigenvalue weighted by molar-refractivity contribution is 5.65. The van der Waals surface area contributed by atoms with Crippen LogP contribution in [0.25, 0.3) is 22.6 Å². The van der Waals surface area contributed by atoms with Crippen molar-refractivity contribution in [2.45, 2.75) is 0 Å². The molecule has 3 nitrogen and oxygen atoms in total. The molecule has 3 rings (SSSR count). The van der Waals surface area contributed by atoms with Gasteiger partial charge in [0.2, 0.25) is 5.76 Å². The van der Waals surface area contributed by atoms with Gasteiger partial charge in [0.15, 0.2) is 7.05 Å². The first-order chi connectivity index (χ1) is 9.78. The first-order valence-electron chi connectivity index (χ1n) is 6.34. The van der Waals surface area contributed by atoms with Gasteiger partial charge in [-0.3, -0.25) is 0 Å². The van der Waals surface area contributed by atoms with E-state index in [1.165, 1.54) is 0 Å². The molecule has 0 saturated heterocycles. The van der Waals surface area contributed by atoms with Crippen LogP contribution < -0.4 is 4.74 Å². The van der Waals surface area contributed by atoms with Gasteiger partial charge in [-0.2, -0.15) is 5.26 Å². The predicted molar refractivity (Wildman–Crippen MR) is 75.5 cm³/mol. The summed E-state index contributed by atoms with van der Waals surface area (Å²) in [7, 11) is 1.88. The number of nitriles is 1. The van der Waals surface area contributed by atoms with Crippen molar-refractivity contribution in [1.29, 1.82) is 5.26 Å². The molecule has 0 amide bonds. The van der Waals surface area contributed by atoms with Gasteiger partial charge in [-0.1, -0.05) is 18.2 Å². The molecule has 0 unspecified atom stereocenters. The Morgan fingerprint density at radius 1 is 0.950 bits per heavy atom. The SMILES string of the molecule is C[n+]1oc(-c2ccc(C#N)cc2)cc1-c1ccccc1. The number of aromatic nitrogens is 1. The topological polar surface area (TPSA) is 40.8 Å². The molecule has 0 spiro atoms. The maximum absolute atomic E-state index is 8.82. The Hall–Kier alpha value is -2.86. The molecule has 3 aromatic rings. The lowest BCUT2D eigenvalue weighted by Gasteiger charge is -1.92. The van der Waals surface area contributed by atoms with E-state index < -0.39 is 0 Å². The van der Waals surface area contributed by atoms with Crippen LogP contribution in [0.3, 0.4) is 0 Å². The van der Waals surface area contributed by atoms with Crippen LogP contribution in [0.15, 0.2) is 65.2 Å². The van der Waals surface area contributed by atoms with E-state index in [1.807, 2.05) is 55.6 Å². The van der Waals surface area contributed by atoms with E-state index in [1.54, 1.807) is 16.9 Å². The third-order valence-corrected chi connectivity index (χ3v) is 3.21. The van der Waals surface area contributed by atoms with Crippen LogP contribution in [-0.4, -0.2) is 0 Å². The molecule has 2 aromatic carbocycles. The Morgan fingerprint density at radius 3 is 2.30 bits per heavy atom. The standard InChI is InChI=1S/C17H13N2O/c1-19-16(14-5-3-2-4-6-14)11-17(20-19)15-9-7-13(12-18)8-10-15/h2-11H,1H3/q+1. The second-order valence-electron chi connectivity index (χ2n) is 4.54. The molecule has 96 valence electrons. The van der Waals surface area contributed by atoms with Gasteiger partial charge >= 0.3 is 0 Å². The predicted octanol–water partition coefficient (Wildman–Crippen LogP) is 3.31. The maximum Gasteiger partial charge on any atom is 0.262 e. The number of rotatable bonds is 2. The van der Waals surface area contributed by atoms with Crippen LogP contribution in [0.4, 0.5) is 0 Å². The summed E-state index contributed by atoms with van der Waals surface area (Å²) < 4.78 is 7.52. The van der Waals surface area contributed by atoms with E-state index in [4.69, 9.17) is 9.78 Å². The lowest BCUT2D eigenvalue weighted by Crippen LogP contribution is -2.26. The van der Waals surface area contributed by atoms with Crippen LogP contribution in [0.5, 0.6) is 0 Å². The summed E-state index contributed by atoms with van der Waals surface area (Å²) in [5.41, 5.74) is 3.73. The largest absolute Gasteiger partial charge is 0.262 e. The molecule has 20 heavy (non-hydrogen) atoms. The average Bonchev–Trinajstić information content (AvgIpc) is 2.90. The number of benzene rings is 2. The Labute approximate surface area is 117 Å². The second-order valence-corrected chi connectivity index (χ2v) is 4.54. The van der Waals surface area contributed by atoms with Crippen LogP contribution >= 0.6 is 0 Å². The molecule has 0 aliphatic heterocycles. The van der Waals surface area contributed by atoms with Gasteiger partial charge in [-0.25, -0.2) is 4.52 Å². The number of hydrogen-bond acceptors (Lipinski definition) is 2. The summed E-state index contributed by atoms with van der Waals surface area (Å²) in [4.78, 5) is 0. The molecule has 0 aliphatic rings. The normalized spacial score (nSPS) is 10.2. The third-order valence-electron chi connectivity index (χ3n) is 3.21. The van der Waals surface area contributed by atoms with Crippen molar-refractivity contribution in [3.05, 3.63) is 66.2 Å². The second kappa shape index (κ2) is 5.02. The molecular formula is C17H13N2O+. The smallest absolute Gasteiger partial charge is 0.236 e. The van der Waals surface area contributed by atoms with Crippen LogP contribution in [0.2, 0.25) is 0 Å².